The van der Waals surface area contributed by atoms with Crippen LogP contribution >= 0.6 is 39.1 Å². The second-order valence-corrected chi connectivity index (χ2v) is 8.30. The van der Waals surface area contributed by atoms with Gasteiger partial charge in [-0.05, 0) is 55.0 Å². The van der Waals surface area contributed by atoms with Gasteiger partial charge in [0.2, 0.25) is 0 Å². The van der Waals surface area contributed by atoms with Gasteiger partial charge in [-0.2, -0.15) is 5.10 Å². The van der Waals surface area contributed by atoms with Crippen molar-refractivity contribution >= 4 is 57.2 Å². The smallest absolute Gasteiger partial charge is 0.343 e. The minimum atomic E-state index is -0.499. The molecule has 0 aliphatic rings. The molecule has 0 saturated carbocycles. The fourth-order valence-electron chi connectivity index (χ4n) is 2.61. The molecule has 0 saturated heterocycles. The minimum Gasteiger partial charge on any atom is -0.482 e. The van der Waals surface area contributed by atoms with Crippen LogP contribution in [0.3, 0.4) is 0 Å². The maximum absolute atomic E-state index is 12.5. The Kier molecular flexibility index (Phi) is 8.27. The number of esters is 1. The van der Waals surface area contributed by atoms with Crippen molar-refractivity contribution in [1.29, 1.82) is 0 Å². The molecule has 0 spiro atoms. The lowest BCUT2D eigenvalue weighted by Crippen LogP contribution is -2.24. The van der Waals surface area contributed by atoms with Crippen LogP contribution in [0.2, 0.25) is 10.0 Å². The summed E-state index contributed by atoms with van der Waals surface area (Å²) in [6.07, 6.45) is 1.37. The number of nitrogens with zero attached hydrogens (tertiary/aromatic N) is 1. The summed E-state index contributed by atoms with van der Waals surface area (Å²) in [5.74, 6) is -0.366. The Labute approximate surface area is 203 Å². The van der Waals surface area contributed by atoms with Gasteiger partial charge in [0.05, 0.1) is 16.8 Å². The van der Waals surface area contributed by atoms with E-state index in [1.54, 1.807) is 42.5 Å². The van der Waals surface area contributed by atoms with Crippen LogP contribution < -0.4 is 14.9 Å². The van der Waals surface area contributed by atoms with Gasteiger partial charge in [0, 0.05) is 15.1 Å². The van der Waals surface area contributed by atoms with E-state index in [0.717, 1.165) is 10.0 Å². The summed E-state index contributed by atoms with van der Waals surface area (Å²) in [6.45, 7) is 1.53. The average Bonchev–Trinajstić information content (AvgIpc) is 2.75. The van der Waals surface area contributed by atoms with E-state index >= 15 is 0 Å². The van der Waals surface area contributed by atoms with Crippen LogP contribution in [0.1, 0.15) is 21.5 Å². The fourth-order valence-corrected chi connectivity index (χ4v) is 3.45. The molecule has 3 aromatic rings. The zero-order valence-electron chi connectivity index (χ0n) is 16.8. The zero-order valence-corrected chi connectivity index (χ0v) is 19.9. The Morgan fingerprint density at radius 2 is 1.81 bits per heavy atom. The number of amides is 1. The van der Waals surface area contributed by atoms with Crippen LogP contribution in [0.25, 0.3) is 0 Å². The molecule has 0 unspecified atom stereocenters. The molecular formula is C23H17BrCl2N2O4. The van der Waals surface area contributed by atoms with Crippen LogP contribution in [0.5, 0.6) is 11.5 Å². The second kappa shape index (κ2) is 11.1. The number of halogens is 3. The van der Waals surface area contributed by atoms with Gasteiger partial charge in [0.25, 0.3) is 5.91 Å². The highest BCUT2D eigenvalue weighted by Crippen LogP contribution is 2.27. The van der Waals surface area contributed by atoms with Gasteiger partial charge in [0.15, 0.2) is 6.61 Å². The normalized spacial score (nSPS) is 10.8. The topological polar surface area (TPSA) is 77.0 Å². The van der Waals surface area contributed by atoms with Crippen molar-refractivity contribution in [3.05, 3.63) is 91.9 Å². The van der Waals surface area contributed by atoms with Gasteiger partial charge in [0.1, 0.15) is 11.5 Å². The number of carbonyl (C=O) groups excluding carboxylic acids is 2. The van der Waals surface area contributed by atoms with E-state index < -0.39 is 11.9 Å². The average molecular weight is 536 g/mol. The van der Waals surface area contributed by atoms with Crippen molar-refractivity contribution in [3.8, 4) is 11.5 Å². The van der Waals surface area contributed by atoms with Gasteiger partial charge in [-0.3, -0.25) is 4.79 Å². The first-order valence-corrected chi connectivity index (χ1v) is 10.9. The molecule has 0 heterocycles. The fraction of sp³-hybridized carbons (Fsp3) is 0.0870. The maximum Gasteiger partial charge on any atom is 0.343 e. The van der Waals surface area contributed by atoms with Crippen molar-refractivity contribution in [2.75, 3.05) is 6.61 Å². The standard InChI is InChI=1S/C23H17BrCl2N2O4/c1-14-4-2-3-5-18(14)23(30)32-20-8-6-16(24)10-15(20)12-27-28-22(29)13-31-21-9-7-17(25)11-19(21)26/h2-12H,13H2,1H3,(H,28,29). The van der Waals surface area contributed by atoms with E-state index in [9.17, 15) is 9.59 Å². The first kappa shape index (κ1) is 23.8. The molecule has 0 atom stereocenters. The molecule has 32 heavy (non-hydrogen) atoms. The maximum atomic E-state index is 12.5. The van der Waals surface area contributed by atoms with Crippen LogP contribution in [-0.4, -0.2) is 24.7 Å². The van der Waals surface area contributed by atoms with E-state index in [0.29, 0.717) is 32.7 Å². The molecular weight excluding hydrogens is 519 g/mol. The third kappa shape index (κ3) is 6.56. The second-order valence-electron chi connectivity index (χ2n) is 6.54. The molecule has 0 radical (unpaired) electrons. The van der Waals surface area contributed by atoms with Crippen LogP contribution in [0, 0.1) is 6.92 Å². The van der Waals surface area contributed by atoms with Crippen LogP contribution in [0.4, 0.5) is 0 Å². The summed E-state index contributed by atoms with van der Waals surface area (Å²) in [7, 11) is 0. The van der Waals surface area contributed by atoms with Crippen LogP contribution in [0.15, 0.2) is 70.2 Å². The van der Waals surface area contributed by atoms with Gasteiger partial charge < -0.3 is 9.47 Å². The SMILES string of the molecule is Cc1ccccc1C(=O)Oc1ccc(Br)cc1C=NNC(=O)COc1ccc(Cl)cc1Cl. The minimum absolute atomic E-state index is 0.294. The number of aryl methyl sites for hydroxylation is 1. The molecule has 9 heteroatoms. The lowest BCUT2D eigenvalue weighted by Gasteiger charge is -2.09. The number of ether oxygens (including phenoxy) is 2. The Morgan fingerprint density at radius 3 is 2.56 bits per heavy atom. The summed E-state index contributed by atoms with van der Waals surface area (Å²) in [4.78, 5) is 24.6. The molecule has 0 bridgehead atoms. The first-order valence-electron chi connectivity index (χ1n) is 9.30. The van der Waals surface area contributed by atoms with Crippen molar-refractivity contribution in [3.63, 3.8) is 0 Å². The number of rotatable bonds is 7. The lowest BCUT2D eigenvalue weighted by molar-refractivity contribution is -0.123. The first-order chi connectivity index (χ1) is 15.3. The molecule has 164 valence electrons. The molecule has 6 nitrogen and oxygen atoms in total. The monoisotopic (exact) mass is 534 g/mol. The van der Waals surface area contributed by atoms with Crippen molar-refractivity contribution in [2.24, 2.45) is 5.10 Å². The van der Waals surface area contributed by atoms with Gasteiger partial charge in [-0.15, -0.1) is 0 Å². The molecule has 3 aromatic carbocycles. The molecule has 1 N–H and O–H groups in total. The Hall–Kier alpha value is -2.87. The number of hydrazone groups is 1. The number of carbonyl (C=O) groups is 2. The summed E-state index contributed by atoms with van der Waals surface area (Å²) in [6, 6.07) is 16.9. The number of hydrogen-bond acceptors (Lipinski definition) is 5. The van der Waals surface area contributed by atoms with Crippen molar-refractivity contribution < 1.29 is 19.1 Å². The number of benzene rings is 3. The molecule has 1 amide bonds. The van der Waals surface area contributed by atoms with E-state index in [1.165, 1.54) is 12.3 Å². The quantitative estimate of drug-likeness (QED) is 0.179. The number of nitrogens with one attached hydrogen (secondary N) is 1. The Bertz CT molecular complexity index is 1180. The van der Waals surface area contributed by atoms with E-state index in [4.69, 9.17) is 32.7 Å². The molecule has 3 rings (SSSR count). The highest BCUT2D eigenvalue weighted by Gasteiger charge is 2.13. The van der Waals surface area contributed by atoms with Gasteiger partial charge in [-0.25, -0.2) is 10.2 Å². The predicted octanol–water partition coefficient (Wildman–Crippen LogP) is 5.81. The summed E-state index contributed by atoms with van der Waals surface area (Å²) in [5.41, 5.74) is 4.11. The highest BCUT2D eigenvalue weighted by molar-refractivity contribution is 9.10. The Balaban J connectivity index is 1.63. The van der Waals surface area contributed by atoms with Crippen LogP contribution in [-0.2, 0) is 4.79 Å². The summed E-state index contributed by atoms with van der Waals surface area (Å²) >= 11 is 15.2. The van der Waals surface area contributed by atoms with Crippen molar-refractivity contribution in [2.45, 2.75) is 6.92 Å². The predicted molar refractivity (Wildman–Crippen MR) is 128 cm³/mol. The van der Waals surface area contributed by atoms with Gasteiger partial charge in [-0.1, -0.05) is 57.3 Å². The summed E-state index contributed by atoms with van der Waals surface area (Å²) < 4.78 is 11.6. The molecule has 0 aromatic heterocycles. The van der Waals surface area contributed by atoms with E-state index in [-0.39, 0.29) is 6.61 Å². The highest BCUT2D eigenvalue weighted by atomic mass is 79.9. The third-order valence-corrected chi connectivity index (χ3v) is 5.21. The number of hydrogen-bond donors (Lipinski definition) is 1. The van der Waals surface area contributed by atoms with E-state index in [2.05, 4.69) is 26.5 Å². The summed E-state index contributed by atoms with van der Waals surface area (Å²) in [5, 5.41) is 4.68. The van der Waals surface area contributed by atoms with Gasteiger partial charge >= 0.3 is 5.97 Å². The van der Waals surface area contributed by atoms with Crippen molar-refractivity contribution in [1.82, 2.24) is 5.43 Å². The molecule has 0 fully saturated rings. The third-order valence-electron chi connectivity index (χ3n) is 4.19. The Morgan fingerprint density at radius 1 is 1.06 bits per heavy atom. The molecule has 0 aliphatic carbocycles. The largest absolute Gasteiger partial charge is 0.482 e. The van der Waals surface area contributed by atoms with E-state index in [1.807, 2.05) is 19.1 Å². The zero-order chi connectivity index (χ0) is 23.1. The molecule has 0 aliphatic heterocycles. The lowest BCUT2D eigenvalue weighted by atomic mass is 10.1.